The summed E-state index contributed by atoms with van der Waals surface area (Å²) in [6.45, 7) is 1.28. The first-order chi connectivity index (χ1) is 13.2. The number of nitrogens with one attached hydrogen (secondary N) is 1. The normalized spacial score (nSPS) is 15.5. The summed E-state index contributed by atoms with van der Waals surface area (Å²) in [5, 5.41) is 3.76. The fraction of sp³-hybridized carbons (Fsp3) is 0.429. The van der Waals surface area contributed by atoms with Gasteiger partial charge in [0.05, 0.1) is 12.0 Å². The summed E-state index contributed by atoms with van der Waals surface area (Å²) < 4.78 is 10.7. The molecular formula is C21H25ClN2O3. The Balaban J connectivity index is 1.73. The minimum atomic E-state index is -0.510. The number of methoxy groups -OCH3 is 1. The van der Waals surface area contributed by atoms with Crippen LogP contribution in [0, 0.1) is 0 Å². The van der Waals surface area contributed by atoms with Gasteiger partial charge in [0, 0.05) is 30.4 Å². The molecule has 1 N–H and O–H groups in total. The number of benzene rings is 1. The second-order valence-corrected chi connectivity index (χ2v) is 7.23. The fourth-order valence-corrected chi connectivity index (χ4v) is 3.86. The maximum absolute atomic E-state index is 13.2. The van der Waals surface area contributed by atoms with E-state index < -0.39 is 5.41 Å². The highest BCUT2D eigenvalue weighted by Crippen LogP contribution is 2.42. The quantitative estimate of drug-likeness (QED) is 0.697. The van der Waals surface area contributed by atoms with Crippen molar-refractivity contribution in [3.8, 4) is 5.88 Å². The molecule has 1 aromatic heterocycles. The SMILES string of the molecule is COCCOc1ncccc1CNC(=O)C1(c2cccc(Cl)c2)CCCC1. The molecule has 0 aliphatic heterocycles. The topological polar surface area (TPSA) is 60.5 Å². The summed E-state index contributed by atoms with van der Waals surface area (Å²) in [7, 11) is 1.62. The van der Waals surface area contributed by atoms with E-state index in [1.54, 1.807) is 13.3 Å². The second-order valence-electron chi connectivity index (χ2n) is 6.79. The minimum Gasteiger partial charge on any atom is -0.475 e. The number of halogens is 1. The van der Waals surface area contributed by atoms with Crippen molar-refractivity contribution in [3.63, 3.8) is 0 Å². The van der Waals surface area contributed by atoms with Crippen LogP contribution in [0.3, 0.4) is 0 Å². The highest BCUT2D eigenvalue weighted by Gasteiger charge is 2.42. The van der Waals surface area contributed by atoms with Gasteiger partial charge in [-0.15, -0.1) is 0 Å². The Kier molecular flexibility index (Phi) is 6.69. The van der Waals surface area contributed by atoms with Gasteiger partial charge >= 0.3 is 0 Å². The van der Waals surface area contributed by atoms with Crippen LogP contribution < -0.4 is 10.1 Å². The number of ether oxygens (including phenoxy) is 2. The molecule has 1 fully saturated rings. The zero-order valence-corrected chi connectivity index (χ0v) is 16.3. The van der Waals surface area contributed by atoms with E-state index in [-0.39, 0.29) is 5.91 Å². The lowest BCUT2D eigenvalue weighted by atomic mass is 9.78. The molecule has 144 valence electrons. The predicted molar refractivity (Wildman–Crippen MR) is 105 cm³/mol. The van der Waals surface area contributed by atoms with E-state index in [1.165, 1.54) is 0 Å². The number of nitrogens with zero attached hydrogens (tertiary/aromatic N) is 1. The lowest BCUT2D eigenvalue weighted by Crippen LogP contribution is -2.42. The summed E-state index contributed by atoms with van der Waals surface area (Å²) in [6, 6.07) is 11.4. The Bertz CT molecular complexity index is 776. The van der Waals surface area contributed by atoms with Crippen LogP contribution in [0.1, 0.15) is 36.8 Å². The van der Waals surface area contributed by atoms with Crippen molar-refractivity contribution in [3.05, 3.63) is 58.7 Å². The first kappa shape index (κ1) is 19.6. The highest BCUT2D eigenvalue weighted by molar-refractivity contribution is 6.30. The van der Waals surface area contributed by atoms with Crippen LogP contribution in [0.2, 0.25) is 5.02 Å². The Morgan fingerprint density at radius 1 is 1.22 bits per heavy atom. The Morgan fingerprint density at radius 2 is 2.04 bits per heavy atom. The third-order valence-electron chi connectivity index (χ3n) is 5.08. The number of pyridine rings is 1. The first-order valence-electron chi connectivity index (χ1n) is 9.26. The van der Waals surface area contributed by atoms with Crippen LogP contribution in [0.15, 0.2) is 42.6 Å². The third-order valence-corrected chi connectivity index (χ3v) is 5.32. The summed E-state index contributed by atoms with van der Waals surface area (Å²) in [4.78, 5) is 17.5. The van der Waals surface area contributed by atoms with Crippen molar-refractivity contribution in [2.24, 2.45) is 0 Å². The monoisotopic (exact) mass is 388 g/mol. The first-order valence-corrected chi connectivity index (χ1v) is 9.63. The van der Waals surface area contributed by atoms with Crippen LogP contribution in [-0.4, -0.2) is 31.2 Å². The molecule has 1 amide bonds. The molecular weight excluding hydrogens is 364 g/mol. The lowest BCUT2D eigenvalue weighted by Gasteiger charge is -2.28. The molecule has 0 spiro atoms. The second kappa shape index (κ2) is 9.20. The average Bonchev–Trinajstić information content (AvgIpc) is 3.18. The molecule has 5 nitrogen and oxygen atoms in total. The van der Waals surface area contributed by atoms with E-state index in [0.29, 0.717) is 30.7 Å². The van der Waals surface area contributed by atoms with Crippen LogP contribution in [0.5, 0.6) is 5.88 Å². The smallest absolute Gasteiger partial charge is 0.230 e. The predicted octanol–water partition coefficient (Wildman–Crippen LogP) is 3.89. The Labute approximate surface area is 165 Å². The third kappa shape index (κ3) is 4.60. The molecule has 3 rings (SSSR count). The van der Waals surface area contributed by atoms with Gasteiger partial charge in [-0.25, -0.2) is 4.98 Å². The van der Waals surface area contributed by atoms with Gasteiger partial charge in [-0.2, -0.15) is 0 Å². The van der Waals surface area contributed by atoms with Crippen molar-refractivity contribution in [2.75, 3.05) is 20.3 Å². The number of hydrogen-bond acceptors (Lipinski definition) is 4. The molecule has 0 bridgehead atoms. The van der Waals surface area contributed by atoms with Crippen molar-refractivity contribution < 1.29 is 14.3 Å². The van der Waals surface area contributed by atoms with Gasteiger partial charge in [-0.3, -0.25) is 4.79 Å². The molecule has 0 saturated heterocycles. The van der Waals surface area contributed by atoms with Gasteiger partial charge in [0.2, 0.25) is 11.8 Å². The molecule has 1 aliphatic carbocycles. The molecule has 1 heterocycles. The molecule has 27 heavy (non-hydrogen) atoms. The zero-order valence-electron chi connectivity index (χ0n) is 15.5. The van der Waals surface area contributed by atoms with Crippen LogP contribution >= 0.6 is 11.6 Å². The van der Waals surface area contributed by atoms with Gasteiger partial charge in [0.25, 0.3) is 0 Å². The van der Waals surface area contributed by atoms with Crippen molar-refractivity contribution in [1.82, 2.24) is 10.3 Å². The van der Waals surface area contributed by atoms with Crippen molar-refractivity contribution >= 4 is 17.5 Å². The van der Waals surface area contributed by atoms with E-state index in [9.17, 15) is 4.79 Å². The number of hydrogen-bond donors (Lipinski definition) is 1. The van der Waals surface area contributed by atoms with Crippen molar-refractivity contribution in [1.29, 1.82) is 0 Å². The molecule has 1 aromatic carbocycles. The lowest BCUT2D eigenvalue weighted by molar-refractivity contribution is -0.126. The van der Waals surface area contributed by atoms with Crippen LogP contribution in [-0.2, 0) is 21.5 Å². The van der Waals surface area contributed by atoms with E-state index in [1.807, 2.05) is 36.4 Å². The Morgan fingerprint density at radius 3 is 2.78 bits per heavy atom. The summed E-state index contributed by atoms with van der Waals surface area (Å²) in [5.74, 6) is 0.562. The van der Waals surface area contributed by atoms with Gasteiger partial charge in [0.1, 0.15) is 6.61 Å². The molecule has 1 saturated carbocycles. The van der Waals surface area contributed by atoms with E-state index >= 15 is 0 Å². The average molecular weight is 389 g/mol. The molecule has 0 radical (unpaired) electrons. The van der Waals surface area contributed by atoms with E-state index in [0.717, 1.165) is 36.8 Å². The van der Waals surface area contributed by atoms with Gasteiger partial charge in [0.15, 0.2) is 0 Å². The standard InChI is InChI=1S/C21H25ClN2O3/c1-26-12-13-27-19-16(6-5-11-23-19)15-24-20(25)21(9-2-3-10-21)17-7-4-8-18(22)14-17/h4-8,11,14H,2-3,9-10,12-13,15H2,1H3,(H,24,25). The zero-order chi connectivity index (χ0) is 19.1. The van der Waals surface area contributed by atoms with Crippen LogP contribution in [0.25, 0.3) is 0 Å². The molecule has 1 aliphatic rings. The number of carbonyl (C=O) groups is 1. The van der Waals surface area contributed by atoms with Crippen LogP contribution in [0.4, 0.5) is 0 Å². The summed E-state index contributed by atoms with van der Waals surface area (Å²) in [6.07, 6.45) is 5.43. The number of aromatic nitrogens is 1. The summed E-state index contributed by atoms with van der Waals surface area (Å²) in [5.41, 5.74) is 1.33. The van der Waals surface area contributed by atoms with Gasteiger partial charge in [-0.1, -0.05) is 42.6 Å². The highest BCUT2D eigenvalue weighted by atomic mass is 35.5. The molecule has 0 unspecified atom stereocenters. The molecule has 6 heteroatoms. The van der Waals surface area contributed by atoms with E-state index in [2.05, 4.69) is 10.3 Å². The van der Waals surface area contributed by atoms with Gasteiger partial charge < -0.3 is 14.8 Å². The number of rotatable bonds is 8. The molecule has 2 aromatic rings. The largest absolute Gasteiger partial charge is 0.475 e. The summed E-state index contributed by atoms with van der Waals surface area (Å²) >= 11 is 6.18. The number of carbonyl (C=O) groups excluding carboxylic acids is 1. The maximum Gasteiger partial charge on any atom is 0.230 e. The minimum absolute atomic E-state index is 0.0361. The molecule has 0 atom stereocenters. The Hall–Kier alpha value is -2.11. The fourth-order valence-electron chi connectivity index (χ4n) is 3.67. The maximum atomic E-state index is 13.2. The van der Waals surface area contributed by atoms with E-state index in [4.69, 9.17) is 21.1 Å². The van der Waals surface area contributed by atoms with Crippen molar-refractivity contribution in [2.45, 2.75) is 37.6 Å². The van der Waals surface area contributed by atoms with Gasteiger partial charge in [-0.05, 0) is 36.6 Å². The number of amides is 1.